The van der Waals surface area contributed by atoms with Crippen molar-refractivity contribution in [1.29, 1.82) is 15.8 Å². The number of hydrogen-bond acceptors (Lipinski definition) is 6. The monoisotopic (exact) mass is 322 g/mol. The number of nitriles is 3. The molecule has 0 saturated carbocycles. The molecular formula is C17H14N4OS. The van der Waals surface area contributed by atoms with E-state index in [-0.39, 0.29) is 22.6 Å². The van der Waals surface area contributed by atoms with Crippen molar-refractivity contribution in [3.63, 3.8) is 0 Å². The van der Waals surface area contributed by atoms with Crippen LogP contribution in [0.15, 0.2) is 46.9 Å². The van der Waals surface area contributed by atoms with Crippen molar-refractivity contribution < 1.29 is 4.74 Å². The van der Waals surface area contributed by atoms with Gasteiger partial charge in [0, 0.05) is 5.56 Å². The summed E-state index contributed by atoms with van der Waals surface area (Å²) < 4.78 is 5.85. The maximum atomic E-state index is 9.41. The van der Waals surface area contributed by atoms with Crippen molar-refractivity contribution in [2.75, 3.05) is 5.75 Å². The lowest BCUT2D eigenvalue weighted by Gasteiger charge is -2.30. The molecule has 2 N–H and O–H groups in total. The summed E-state index contributed by atoms with van der Waals surface area (Å²) in [6.07, 6.45) is 0. The van der Waals surface area contributed by atoms with E-state index >= 15 is 0 Å². The fourth-order valence-corrected chi connectivity index (χ4v) is 3.65. The quantitative estimate of drug-likeness (QED) is 0.857. The van der Waals surface area contributed by atoms with Crippen molar-refractivity contribution in [2.24, 2.45) is 5.73 Å². The first-order valence-corrected chi connectivity index (χ1v) is 7.87. The first-order valence-electron chi connectivity index (χ1n) is 6.89. The highest BCUT2D eigenvalue weighted by molar-refractivity contribution is 8.00. The molecule has 5 nitrogen and oxygen atoms in total. The molecule has 1 atom stereocenters. The zero-order valence-corrected chi connectivity index (χ0v) is 13.6. The van der Waals surface area contributed by atoms with Crippen LogP contribution in [0.5, 0.6) is 0 Å². The normalized spacial score (nSPS) is 19.5. The van der Waals surface area contributed by atoms with Crippen LogP contribution in [0, 0.1) is 40.9 Å². The minimum Gasteiger partial charge on any atom is -0.452 e. The molecule has 0 aliphatic carbocycles. The third-order valence-electron chi connectivity index (χ3n) is 3.44. The molecule has 0 amide bonds. The second-order valence-electron chi connectivity index (χ2n) is 4.84. The molecule has 114 valence electrons. The minimum atomic E-state index is -1.15. The van der Waals surface area contributed by atoms with Gasteiger partial charge in [0.25, 0.3) is 0 Å². The fraction of sp³-hybridized carbons (Fsp3) is 0.235. The summed E-state index contributed by atoms with van der Waals surface area (Å²) in [4.78, 5) is -1.15. The van der Waals surface area contributed by atoms with Crippen molar-refractivity contribution in [3.05, 3.63) is 58.0 Å². The van der Waals surface area contributed by atoms with Gasteiger partial charge < -0.3 is 10.5 Å². The van der Waals surface area contributed by atoms with Gasteiger partial charge in [0.05, 0.1) is 5.57 Å². The van der Waals surface area contributed by atoms with Gasteiger partial charge in [-0.3, -0.25) is 0 Å². The Balaban J connectivity index is 2.81. The summed E-state index contributed by atoms with van der Waals surface area (Å²) in [5.74, 6) is 0.583. The maximum absolute atomic E-state index is 9.41. The van der Waals surface area contributed by atoms with Gasteiger partial charge in [-0.2, -0.15) is 15.8 Å². The zero-order chi connectivity index (χ0) is 17.0. The Morgan fingerprint density at radius 1 is 1.22 bits per heavy atom. The molecule has 0 aromatic heterocycles. The summed E-state index contributed by atoms with van der Waals surface area (Å²) in [6, 6.07) is 13.2. The largest absolute Gasteiger partial charge is 0.452 e. The molecule has 6 heteroatoms. The smallest absolute Gasteiger partial charge is 0.211 e. The van der Waals surface area contributed by atoms with Gasteiger partial charge in [0.1, 0.15) is 29.4 Å². The molecule has 1 aromatic carbocycles. The number of ether oxygens (including phenoxy) is 1. The molecule has 0 fully saturated rings. The minimum absolute atomic E-state index is 0.0459. The second-order valence-corrected chi connectivity index (χ2v) is 6.28. The summed E-state index contributed by atoms with van der Waals surface area (Å²) in [7, 11) is 0. The Morgan fingerprint density at radius 3 is 2.30 bits per heavy atom. The lowest BCUT2D eigenvalue weighted by atomic mass is 9.92. The summed E-state index contributed by atoms with van der Waals surface area (Å²) in [6.45, 7) is 3.89. The van der Waals surface area contributed by atoms with Crippen LogP contribution >= 0.6 is 11.8 Å². The second kappa shape index (κ2) is 6.48. The van der Waals surface area contributed by atoms with E-state index in [9.17, 15) is 15.8 Å². The number of benzene rings is 1. The van der Waals surface area contributed by atoms with Gasteiger partial charge in [-0.05, 0) is 12.7 Å². The highest BCUT2D eigenvalue weighted by Crippen LogP contribution is 2.53. The predicted octanol–water partition coefficient (Wildman–Crippen LogP) is 2.97. The van der Waals surface area contributed by atoms with Crippen molar-refractivity contribution in [2.45, 2.75) is 18.8 Å². The number of nitrogens with two attached hydrogens (primary N) is 1. The third-order valence-corrected chi connectivity index (χ3v) is 4.66. The first kappa shape index (κ1) is 16.5. The molecule has 1 aliphatic heterocycles. The van der Waals surface area contributed by atoms with Gasteiger partial charge in [-0.1, -0.05) is 36.8 Å². The van der Waals surface area contributed by atoms with Gasteiger partial charge >= 0.3 is 0 Å². The van der Waals surface area contributed by atoms with E-state index in [1.807, 2.05) is 56.3 Å². The number of thioether (sulfide) groups is 1. The van der Waals surface area contributed by atoms with Gasteiger partial charge in [-0.15, -0.1) is 11.8 Å². The fourth-order valence-electron chi connectivity index (χ4n) is 2.45. The van der Waals surface area contributed by atoms with E-state index in [1.54, 1.807) is 0 Å². The average molecular weight is 322 g/mol. The van der Waals surface area contributed by atoms with Crippen LogP contribution in [0.2, 0.25) is 0 Å². The Hall–Kier alpha value is -2.88. The van der Waals surface area contributed by atoms with Crippen LogP contribution in [-0.2, 0) is 9.67 Å². The molecule has 0 bridgehead atoms. The lowest BCUT2D eigenvalue weighted by molar-refractivity contribution is 0.134. The zero-order valence-electron chi connectivity index (χ0n) is 12.8. The summed E-state index contributed by atoms with van der Waals surface area (Å²) in [5.41, 5.74) is 7.79. The molecule has 0 spiro atoms. The van der Waals surface area contributed by atoms with Crippen molar-refractivity contribution in [1.82, 2.24) is 0 Å². The van der Waals surface area contributed by atoms with E-state index in [0.29, 0.717) is 5.75 Å². The Morgan fingerprint density at radius 2 is 1.83 bits per heavy atom. The molecule has 1 aliphatic rings. The van der Waals surface area contributed by atoms with Gasteiger partial charge in [-0.25, -0.2) is 0 Å². The summed E-state index contributed by atoms with van der Waals surface area (Å²) >= 11 is 1.38. The van der Waals surface area contributed by atoms with Crippen LogP contribution in [0.25, 0.3) is 0 Å². The SMILES string of the molecule is CCSC1(c2ccc(C)cc2)OC(N)=C(C#N)C1=C(C#N)C#N. The van der Waals surface area contributed by atoms with Gasteiger partial charge in [0.2, 0.25) is 10.8 Å². The number of allylic oxidation sites excluding steroid dienone is 1. The van der Waals surface area contributed by atoms with Crippen LogP contribution in [0.3, 0.4) is 0 Å². The number of hydrogen-bond donors (Lipinski definition) is 1. The average Bonchev–Trinajstić information content (AvgIpc) is 2.82. The molecule has 0 radical (unpaired) electrons. The molecule has 1 unspecified atom stereocenters. The standard InChI is InChI=1S/C17H14N4OS/c1-3-23-17(13-6-4-11(2)5-7-13)15(12(8-18)9-19)14(10-20)16(21)22-17/h4-7H,3,21H2,1-2H3. The first-order chi connectivity index (χ1) is 11.0. The van der Waals surface area contributed by atoms with E-state index in [4.69, 9.17) is 10.5 Å². The number of aryl methyl sites for hydroxylation is 1. The highest BCUT2D eigenvalue weighted by Gasteiger charge is 2.49. The third kappa shape index (κ3) is 2.63. The molecule has 0 saturated heterocycles. The van der Waals surface area contributed by atoms with Gasteiger partial charge in [0.15, 0.2) is 0 Å². The molecule has 2 rings (SSSR count). The van der Waals surface area contributed by atoms with Crippen LogP contribution in [-0.4, -0.2) is 5.75 Å². The Kier molecular flexibility index (Phi) is 4.65. The van der Waals surface area contributed by atoms with Crippen LogP contribution in [0.4, 0.5) is 0 Å². The maximum Gasteiger partial charge on any atom is 0.211 e. The number of nitrogens with zero attached hydrogens (tertiary/aromatic N) is 3. The lowest BCUT2D eigenvalue weighted by Crippen LogP contribution is -2.26. The molecular weight excluding hydrogens is 308 g/mol. The topological polar surface area (TPSA) is 107 Å². The van der Waals surface area contributed by atoms with E-state index in [1.165, 1.54) is 11.8 Å². The summed E-state index contributed by atoms with van der Waals surface area (Å²) in [5, 5.41) is 28.0. The van der Waals surface area contributed by atoms with Crippen molar-refractivity contribution >= 4 is 11.8 Å². The Bertz CT molecular complexity index is 802. The van der Waals surface area contributed by atoms with Crippen molar-refractivity contribution in [3.8, 4) is 18.2 Å². The van der Waals surface area contributed by atoms with Crippen LogP contribution < -0.4 is 5.73 Å². The number of rotatable bonds is 3. The molecule has 23 heavy (non-hydrogen) atoms. The molecule has 1 heterocycles. The predicted molar refractivity (Wildman–Crippen MR) is 87.2 cm³/mol. The molecule has 1 aromatic rings. The Labute approximate surface area is 139 Å². The van der Waals surface area contributed by atoms with E-state index in [2.05, 4.69) is 0 Å². The highest BCUT2D eigenvalue weighted by atomic mass is 32.2. The van der Waals surface area contributed by atoms with E-state index < -0.39 is 4.93 Å². The van der Waals surface area contributed by atoms with E-state index in [0.717, 1.165) is 11.1 Å². The van der Waals surface area contributed by atoms with Crippen LogP contribution in [0.1, 0.15) is 18.1 Å².